The molecule has 2 unspecified atom stereocenters. The molecule has 1 heterocycles. The van der Waals surface area contributed by atoms with Crippen LogP contribution in [0.25, 0.3) is 0 Å². The van der Waals surface area contributed by atoms with Crippen molar-refractivity contribution in [3.8, 4) is 0 Å². The fourth-order valence-electron chi connectivity index (χ4n) is 1.70. The van der Waals surface area contributed by atoms with Crippen LogP contribution >= 0.6 is 0 Å². The number of rotatable bonds is 1. The van der Waals surface area contributed by atoms with Gasteiger partial charge in [0, 0.05) is 6.42 Å². The predicted molar refractivity (Wildman–Crippen MR) is 44.4 cm³/mol. The van der Waals surface area contributed by atoms with E-state index in [9.17, 15) is 5.11 Å². The Morgan fingerprint density at radius 3 is 2.18 bits per heavy atom. The Morgan fingerprint density at radius 1 is 1.45 bits per heavy atom. The third kappa shape index (κ3) is 1.94. The molecule has 1 fully saturated rings. The van der Waals surface area contributed by atoms with E-state index in [4.69, 9.17) is 4.74 Å². The van der Waals surface area contributed by atoms with Crippen molar-refractivity contribution >= 4 is 0 Å². The van der Waals surface area contributed by atoms with Crippen molar-refractivity contribution in [2.75, 3.05) is 0 Å². The van der Waals surface area contributed by atoms with Crippen LogP contribution in [0.1, 0.15) is 34.1 Å². The molecule has 0 amide bonds. The van der Waals surface area contributed by atoms with Gasteiger partial charge in [-0.15, -0.1) is 0 Å². The Morgan fingerprint density at radius 2 is 2.00 bits per heavy atom. The Hall–Kier alpha value is -0.0800. The average Bonchev–Trinajstić information content (AvgIpc) is 2.05. The van der Waals surface area contributed by atoms with Crippen LogP contribution in [-0.2, 0) is 4.74 Å². The van der Waals surface area contributed by atoms with Crippen molar-refractivity contribution in [2.45, 2.75) is 51.9 Å². The normalized spacial score (nSPS) is 36.5. The van der Waals surface area contributed by atoms with Gasteiger partial charge in [-0.3, -0.25) is 0 Å². The molecular weight excluding hydrogens is 140 g/mol. The summed E-state index contributed by atoms with van der Waals surface area (Å²) in [6.45, 7) is 8.21. The van der Waals surface area contributed by atoms with Gasteiger partial charge in [0.05, 0.1) is 17.8 Å². The Bertz CT molecular complexity index is 140. The maximum Gasteiger partial charge on any atom is 0.0865 e. The molecular formula is C9H18O2. The summed E-state index contributed by atoms with van der Waals surface area (Å²) in [5, 5.41) is 9.57. The van der Waals surface area contributed by atoms with Crippen LogP contribution in [0.4, 0.5) is 0 Å². The lowest BCUT2D eigenvalue weighted by atomic mass is 9.98. The van der Waals surface area contributed by atoms with Crippen LogP contribution in [0, 0.1) is 5.92 Å². The van der Waals surface area contributed by atoms with Gasteiger partial charge in [-0.05, 0) is 19.8 Å². The zero-order valence-corrected chi connectivity index (χ0v) is 7.79. The lowest BCUT2D eigenvalue weighted by Gasteiger charge is -2.21. The third-order valence-electron chi connectivity index (χ3n) is 2.19. The molecule has 11 heavy (non-hydrogen) atoms. The molecule has 2 heteroatoms. The minimum atomic E-state index is -0.273. The van der Waals surface area contributed by atoms with E-state index in [0.29, 0.717) is 5.92 Å². The second-order valence-electron chi connectivity index (χ2n) is 4.36. The molecule has 1 aliphatic heterocycles. The number of hydrogen-bond acceptors (Lipinski definition) is 2. The van der Waals surface area contributed by atoms with E-state index in [0.717, 1.165) is 6.42 Å². The predicted octanol–water partition coefficient (Wildman–Crippen LogP) is 1.57. The summed E-state index contributed by atoms with van der Waals surface area (Å²) in [7, 11) is 0. The smallest absolute Gasteiger partial charge is 0.0865 e. The zero-order chi connectivity index (χ0) is 8.65. The molecule has 0 radical (unpaired) electrons. The molecule has 0 spiro atoms. The van der Waals surface area contributed by atoms with Gasteiger partial charge in [0.25, 0.3) is 0 Å². The molecule has 1 N–H and O–H groups in total. The monoisotopic (exact) mass is 158 g/mol. The minimum absolute atomic E-state index is 0.0324. The quantitative estimate of drug-likeness (QED) is 0.627. The molecule has 0 saturated carbocycles. The summed E-state index contributed by atoms with van der Waals surface area (Å²) >= 11 is 0. The standard InChI is InChI=1S/C9H18O2/c1-6(2)8-7(10)5-9(3,4)11-8/h6-8,10H,5H2,1-4H3. The first kappa shape index (κ1) is 9.01. The van der Waals surface area contributed by atoms with E-state index < -0.39 is 0 Å². The average molecular weight is 158 g/mol. The first-order valence-electron chi connectivity index (χ1n) is 4.28. The van der Waals surface area contributed by atoms with Gasteiger partial charge in [-0.1, -0.05) is 13.8 Å². The highest BCUT2D eigenvalue weighted by atomic mass is 16.5. The molecule has 0 aromatic heterocycles. The Labute approximate surface area is 68.6 Å². The van der Waals surface area contributed by atoms with E-state index in [-0.39, 0.29) is 17.8 Å². The maximum atomic E-state index is 9.57. The van der Waals surface area contributed by atoms with Crippen LogP contribution in [0.3, 0.4) is 0 Å². The van der Waals surface area contributed by atoms with Crippen molar-refractivity contribution in [3.05, 3.63) is 0 Å². The van der Waals surface area contributed by atoms with Crippen LogP contribution in [0.15, 0.2) is 0 Å². The van der Waals surface area contributed by atoms with Crippen molar-refractivity contribution in [1.82, 2.24) is 0 Å². The highest BCUT2D eigenvalue weighted by Gasteiger charge is 2.40. The summed E-state index contributed by atoms with van der Waals surface area (Å²) in [6.07, 6.45) is 0.519. The molecule has 0 aromatic carbocycles. The summed E-state index contributed by atoms with van der Waals surface area (Å²) in [6, 6.07) is 0. The van der Waals surface area contributed by atoms with Crippen LogP contribution < -0.4 is 0 Å². The van der Waals surface area contributed by atoms with E-state index >= 15 is 0 Å². The zero-order valence-electron chi connectivity index (χ0n) is 7.79. The summed E-state index contributed by atoms with van der Waals surface area (Å²) in [4.78, 5) is 0. The maximum absolute atomic E-state index is 9.57. The van der Waals surface area contributed by atoms with E-state index in [1.807, 2.05) is 13.8 Å². The fraction of sp³-hybridized carbons (Fsp3) is 1.00. The summed E-state index contributed by atoms with van der Waals surface area (Å²) in [5.74, 6) is 0.409. The van der Waals surface area contributed by atoms with E-state index in [2.05, 4.69) is 13.8 Å². The Kier molecular flexibility index (Phi) is 2.26. The van der Waals surface area contributed by atoms with Gasteiger partial charge in [-0.25, -0.2) is 0 Å². The lowest BCUT2D eigenvalue weighted by Crippen LogP contribution is -2.27. The second kappa shape index (κ2) is 2.76. The number of aliphatic hydroxyl groups is 1. The van der Waals surface area contributed by atoms with Crippen molar-refractivity contribution < 1.29 is 9.84 Å². The molecule has 0 bridgehead atoms. The molecule has 1 saturated heterocycles. The van der Waals surface area contributed by atoms with E-state index in [1.54, 1.807) is 0 Å². The minimum Gasteiger partial charge on any atom is -0.390 e. The molecule has 0 aliphatic carbocycles. The van der Waals surface area contributed by atoms with Crippen LogP contribution in [0.5, 0.6) is 0 Å². The fourth-order valence-corrected chi connectivity index (χ4v) is 1.70. The van der Waals surface area contributed by atoms with Crippen LogP contribution in [0.2, 0.25) is 0 Å². The first-order valence-corrected chi connectivity index (χ1v) is 4.28. The van der Waals surface area contributed by atoms with Crippen molar-refractivity contribution in [2.24, 2.45) is 5.92 Å². The van der Waals surface area contributed by atoms with Crippen LogP contribution in [-0.4, -0.2) is 22.9 Å². The number of hydrogen-bond donors (Lipinski definition) is 1. The van der Waals surface area contributed by atoms with Crippen molar-refractivity contribution in [3.63, 3.8) is 0 Å². The first-order chi connectivity index (χ1) is 4.92. The van der Waals surface area contributed by atoms with Gasteiger partial charge >= 0.3 is 0 Å². The molecule has 2 atom stereocenters. The Balaban J connectivity index is 2.59. The van der Waals surface area contributed by atoms with Gasteiger partial charge in [0.2, 0.25) is 0 Å². The molecule has 66 valence electrons. The van der Waals surface area contributed by atoms with Gasteiger partial charge in [0.15, 0.2) is 0 Å². The molecule has 2 nitrogen and oxygen atoms in total. The molecule has 1 aliphatic rings. The SMILES string of the molecule is CC(C)C1OC(C)(C)CC1O. The highest BCUT2D eigenvalue weighted by Crippen LogP contribution is 2.33. The second-order valence-corrected chi connectivity index (χ2v) is 4.36. The highest BCUT2D eigenvalue weighted by molar-refractivity contribution is 4.89. The summed E-state index contributed by atoms with van der Waals surface area (Å²) in [5.41, 5.74) is -0.131. The van der Waals surface area contributed by atoms with E-state index in [1.165, 1.54) is 0 Å². The van der Waals surface area contributed by atoms with Gasteiger partial charge in [-0.2, -0.15) is 0 Å². The molecule has 0 aromatic rings. The largest absolute Gasteiger partial charge is 0.390 e. The lowest BCUT2D eigenvalue weighted by molar-refractivity contribution is -0.0531. The molecule has 1 rings (SSSR count). The summed E-state index contributed by atoms with van der Waals surface area (Å²) < 4.78 is 5.67. The van der Waals surface area contributed by atoms with Gasteiger partial charge < -0.3 is 9.84 Å². The van der Waals surface area contributed by atoms with Gasteiger partial charge in [0.1, 0.15) is 0 Å². The topological polar surface area (TPSA) is 29.5 Å². The number of ether oxygens (including phenoxy) is 1. The third-order valence-corrected chi connectivity index (χ3v) is 2.19. The van der Waals surface area contributed by atoms with Crippen molar-refractivity contribution in [1.29, 1.82) is 0 Å². The number of aliphatic hydroxyl groups excluding tert-OH is 1.